The average molecular weight is 279 g/mol. The number of aliphatic hydroxyl groups excluding tert-OH is 1. The molecule has 2 rings (SSSR count). The maximum Gasteiger partial charge on any atom is 0.230 e. The average Bonchev–Trinajstić information content (AvgIpc) is 2.44. The third-order valence-corrected chi connectivity index (χ3v) is 3.09. The molecule has 2 aromatic rings. The van der Waals surface area contributed by atoms with Gasteiger partial charge in [0.25, 0.3) is 0 Å². The number of hydrogen-bond donors (Lipinski definition) is 3. The number of nitrogens with zero attached hydrogens (tertiary/aromatic N) is 1. The van der Waals surface area contributed by atoms with Crippen molar-refractivity contribution in [2.24, 2.45) is 0 Å². The van der Waals surface area contributed by atoms with E-state index in [2.05, 4.69) is 0 Å². The smallest absolute Gasteiger partial charge is 0.230 e. The number of benzene rings is 1. The highest BCUT2D eigenvalue weighted by molar-refractivity contribution is 5.68. The van der Waals surface area contributed by atoms with E-state index < -0.39 is 22.9 Å². The topological polar surface area (TPSA) is 82.7 Å². The first-order chi connectivity index (χ1) is 9.49. The Morgan fingerprint density at radius 1 is 1.25 bits per heavy atom. The van der Waals surface area contributed by atoms with E-state index in [4.69, 9.17) is 5.11 Å². The molecule has 1 heterocycles. The third-order valence-electron chi connectivity index (χ3n) is 3.09. The van der Waals surface area contributed by atoms with Crippen LogP contribution in [-0.2, 0) is 6.54 Å². The van der Waals surface area contributed by atoms with Crippen LogP contribution in [0.4, 0.5) is 4.39 Å². The van der Waals surface area contributed by atoms with Crippen molar-refractivity contribution >= 4 is 0 Å². The molecule has 0 bridgehead atoms. The predicted octanol–water partition coefficient (Wildman–Crippen LogP) is 1.37. The predicted molar refractivity (Wildman–Crippen MR) is 71.2 cm³/mol. The molecule has 20 heavy (non-hydrogen) atoms. The lowest BCUT2D eigenvalue weighted by Gasteiger charge is -2.18. The van der Waals surface area contributed by atoms with E-state index >= 15 is 0 Å². The fourth-order valence-corrected chi connectivity index (χ4v) is 2.07. The van der Waals surface area contributed by atoms with Gasteiger partial charge in [-0.1, -0.05) is 12.1 Å². The summed E-state index contributed by atoms with van der Waals surface area (Å²) >= 11 is 0. The zero-order valence-electron chi connectivity index (χ0n) is 10.8. The van der Waals surface area contributed by atoms with Gasteiger partial charge in [0, 0.05) is 12.1 Å². The van der Waals surface area contributed by atoms with Gasteiger partial charge in [0.2, 0.25) is 5.43 Å². The van der Waals surface area contributed by atoms with E-state index in [1.807, 2.05) is 0 Å². The number of hydrogen-bond acceptors (Lipinski definition) is 4. The van der Waals surface area contributed by atoms with Gasteiger partial charge in [0.05, 0.1) is 12.2 Å². The first-order valence-corrected chi connectivity index (χ1v) is 6.00. The van der Waals surface area contributed by atoms with E-state index in [0.717, 1.165) is 4.57 Å². The second kappa shape index (κ2) is 5.34. The Morgan fingerprint density at radius 3 is 2.50 bits per heavy atom. The van der Waals surface area contributed by atoms with Crippen LogP contribution >= 0.6 is 0 Å². The zero-order valence-corrected chi connectivity index (χ0v) is 10.8. The lowest BCUT2D eigenvalue weighted by atomic mass is 10.1. The molecule has 1 aromatic heterocycles. The normalized spacial score (nSPS) is 10.8. The highest BCUT2D eigenvalue weighted by atomic mass is 19.1. The summed E-state index contributed by atoms with van der Waals surface area (Å²) in [5.74, 6) is -1.70. The number of aromatic nitrogens is 1. The third kappa shape index (κ3) is 2.14. The van der Waals surface area contributed by atoms with Crippen molar-refractivity contribution in [1.29, 1.82) is 0 Å². The van der Waals surface area contributed by atoms with Crippen molar-refractivity contribution in [3.05, 3.63) is 45.9 Å². The fourth-order valence-electron chi connectivity index (χ4n) is 2.07. The molecule has 0 saturated heterocycles. The first kappa shape index (κ1) is 14.1. The number of pyridine rings is 1. The molecule has 0 amide bonds. The molecule has 0 saturated carbocycles. The Morgan fingerprint density at radius 2 is 1.90 bits per heavy atom. The fraction of sp³-hybridized carbons (Fsp3) is 0.214. The summed E-state index contributed by atoms with van der Waals surface area (Å²) < 4.78 is 15.0. The number of halogens is 1. The Bertz CT molecular complexity index is 709. The Balaban J connectivity index is 2.88. The van der Waals surface area contributed by atoms with E-state index in [1.54, 1.807) is 6.07 Å². The van der Waals surface area contributed by atoms with Crippen LogP contribution in [0.15, 0.2) is 29.1 Å². The quantitative estimate of drug-likeness (QED) is 0.792. The van der Waals surface area contributed by atoms with Gasteiger partial charge >= 0.3 is 0 Å². The zero-order chi connectivity index (χ0) is 14.9. The lowest BCUT2D eigenvalue weighted by Crippen LogP contribution is -2.16. The molecule has 106 valence electrons. The first-order valence-electron chi connectivity index (χ1n) is 6.00. The molecule has 0 unspecified atom stereocenters. The molecule has 5 nitrogen and oxygen atoms in total. The molecule has 0 aliphatic heterocycles. The maximum absolute atomic E-state index is 13.9. The van der Waals surface area contributed by atoms with E-state index in [9.17, 15) is 19.4 Å². The number of aliphatic hydroxyl groups is 1. The summed E-state index contributed by atoms with van der Waals surface area (Å²) in [5, 5.41) is 29.0. The van der Waals surface area contributed by atoms with Gasteiger partial charge in [0.15, 0.2) is 11.6 Å². The van der Waals surface area contributed by atoms with Gasteiger partial charge in [-0.2, -0.15) is 0 Å². The molecule has 0 atom stereocenters. The molecule has 0 radical (unpaired) electrons. The van der Waals surface area contributed by atoms with Gasteiger partial charge in [-0.3, -0.25) is 4.79 Å². The van der Waals surface area contributed by atoms with Crippen molar-refractivity contribution in [1.82, 2.24) is 4.57 Å². The second-order valence-corrected chi connectivity index (χ2v) is 4.33. The summed E-state index contributed by atoms with van der Waals surface area (Å²) in [7, 11) is 0. The maximum atomic E-state index is 13.9. The summed E-state index contributed by atoms with van der Waals surface area (Å²) in [6.07, 6.45) is 0. The molecule has 0 aliphatic rings. The highest BCUT2D eigenvalue weighted by Crippen LogP contribution is 2.32. The van der Waals surface area contributed by atoms with Crippen molar-refractivity contribution in [2.45, 2.75) is 13.5 Å². The Hall–Kier alpha value is -2.34. The largest absolute Gasteiger partial charge is 0.503 e. The minimum Gasteiger partial charge on any atom is -0.503 e. The highest BCUT2D eigenvalue weighted by Gasteiger charge is 2.21. The van der Waals surface area contributed by atoms with E-state index in [0.29, 0.717) is 0 Å². The van der Waals surface area contributed by atoms with Crippen LogP contribution in [0.3, 0.4) is 0 Å². The molecular formula is C14H14FNO4. The number of rotatable bonds is 3. The molecule has 3 N–H and O–H groups in total. The van der Waals surface area contributed by atoms with Crippen LogP contribution in [0.25, 0.3) is 11.3 Å². The van der Waals surface area contributed by atoms with Crippen LogP contribution in [0.5, 0.6) is 11.6 Å². The Kier molecular flexibility index (Phi) is 3.76. The summed E-state index contributed by atoms with van der Waals surface area (Å²) in [5.41, 5.74) is -0.998. The SMILES string of the molecule is Cc1c(O)n(CCO)c(-c2ccccc2F)c(O)c1=O. The molecule has 1 aromatic carbocycles. The standard InChI is InChI=1S/C14H14FNO4/c1-8-12(18)13(19)11(16(6-7-17)14(8)20)9-4-2-3-5-10(9)15/h2-5,17,19-20H,6-7H2,1H3. The minimum atomic E-state index is -0.769. The minimum absolute atomic E-state index is 0.0224. The van der Waals surface area contributed by atoms with Crippen LogP contribution in [-0.4, -0.2) is 26.5 Å². The number of aromatic hydroxyl groups is 2. The van der Waals surface area contributed by atoms with Gasteiger partial charge in [0.1, 0.15) is 11.5 Å². The van der Waals surface area contributed by atoms with E-state index in [1.165, 1.54) is 25.1 Å². The van der Waals surface area contributed by atoms with Gasteiger partial charge in [-0.05, 0) is 19.1 Å². The van der Waals surface area contributed by atoms with Gasteiger partial charge < -0.3 is 19.9 Å². The van der Waals surface area contributed by atoms with Crippen molar-refractivity contribution in [3.8, 4) is 22.9 Å². The molecule has 0 fully saturated rings. The van der Waals surface area contributed by atoms with Crippen molar-refractivity contribution in [2.75, 3.05) is 6.61 Å². The van der Waals surface area contributed by atoms with E-state index in [-0.39, 0.29) is 30.0 Å². The summed E-state index contributed by atoms with van der Waals surface area (Å²) in [6.45, 7) is 0.928. The van der Waals surface area contributed by atoms with Crippen LogP contribution < -0.4 is 5.43 Å². The van der Waals surface area contributed by atoms with Crippen LogP contribution in [0.1, 0.15) is 5.56 Å². The molecular weight excluding hydrogens is 265 g/mol. The molecule has 0 spiro atoms. The van der Waals surface area contributed by atoms with Crippen LogP contribution in [0, 0.1) is 12.7 Å². The summed E-state index contributed by atoms with van der Waals surface area (Å²) in [4.78, 5) is 11.8. The second-order valence-electron chi connectivity index (χ2n) is 4.33. The monoisotopic (exact) mass is 279 g/mol. The Labute approximate surface area is 114 Å². The molecule has 6 heteroatoms. The summed E-state index contributed by atoms with van der Waals surface area (Å²) in [6, 6.07) is 5.58. The van der Waals surface area contributed by atoms with Gasteiger partial charge in [-0.15, -0.1) is 0 Å². The van der Waals surface area contributed by atoms with Crippen LogP contribution in [0.2, 0.25) is 0 Å². The molecule has 0 aliphatic carbocycles. The van der Waals surface area contributed by atoms with Crippen molar-refractivity contribution < 1.29 is 19.7 Å². The lowest BCUT2D eigenvalue weighted by molar-refractivity contribution is 0.265. The van der Waals surface area contributed by atoms with Gasteiger partial charge in [-0.25, -0.2) is 4.39 Å². The van der Waals surface area contributed by atoms with Crippen molar-refractivity contribution in [3.63, 3.8) is 0 Å².